The Morgan fingerprint density at radius 1 is 1.22 bits per heavy atom. The van der Waals surface area contributed by atoms with Crippen LogP contribution in [0.3, 0.4) is 0 Å². The van der Waals surface area contributed by atoms with Gasteiger partial charge in [0.2, 0.25) is 0 Å². The molecule has 18 heavy (non-hydrogen) atoms. The zero-order valence-electron chi connectivity index (χ0n) is 11.4. The van der Waals surface area contributed by atoms with Crippen molar-refractivity contribution in [3.8, 4) is 5.75 Å². The van der Waals surface area contributed by atoms with Crippen LogP contribution in [0.5, 0.6) is 5.75 Å². The van der Waals surface area contributed by atoms with Gasteiger partial charge in [-0.05, 0) is 31.5 Å². The molecule has 0 aliphatic heterocycles. The van der Waals surface area contributed by atoms with Crippen LogP contribution in [0.4, 0.5) is 4.39 Å². The highest BCUT2D eigenvalue weighted by atomic mass is 19.1. The average Bonchev–Trinajstić information content (AvgIpc) is 2.25. The Kier molecular flexibility index (Phi) is 5.56. The zero-order chi connectivity index (χ0) is 13.7. The van der Waals surface area contributed by atoms with Gasteiger partial charge in [-0.25, -0.2) is 4.39 Å². The van der Waals surface area contributed by atoms with E-state index in [9.17, 15) is 9.50 Å². The Bertz CT molecular complexity index is 380. The van der Waals surface area contributed by atoms with Crippen LogP contribution in [0.15, 0.2) is 18.2 Å². The second kappa shape index (κ2) is 6.71. The number of rotatable bonds is 6. The molecular weight excluding hydrogens is 233 g/mol. The summed E-state index contributed by atoms with van der Waals surface area (Å²) in [4.78, 5) is 0. The smallest absolute Gasteiger partial charge is 0.127 e. The van der Waals surface area contributed by atoms with E-state index in [1.807, 2.05) is 13.8 Å². The van der Waals surface area contributed by atoms with Gasteiger partial charge in [0, 0.05) is 18.7 Å². The number of aliphatic hydroxyl groups excluding tert-OH is 1. The summed E-state index contributed by atoms with van der Waals surface area (Å²) in [5.41, 5.74) is 0.830. The first-order valence-electron chi connectivity index (χ1n) is 6.26. The highest BCUT2D eigenvalue weighted by Gasteiger charge is 2.11. The molecule has 1 rings (SSSR count). The van der Waals surface area contributed by atoms with Gasteiger partial charge in [-0.3, -0.25) is 0 Å². The summed E-state index contributed by atoms with van der Waals surface area (Å²) in [6.45, 7) is 8.06. The van der Waals surface area contributed by atoms with Crippen molar-refractivity contribution in [2.45, 2.75) is 52.5 Å². The number of ether oxygens (including phenoxy) is 1. The van der Waals surface area contributed by atoms with Crippen molar-refractivity contribution in [1.29, 1.82) is 0 Å². The summed E-state index contributed by atoms with van der Waals surface area (Å²) in [6, 6.07) is 4.94. The summed E-state index contributed by atoms with van der Waals surface area (Å²) in [5.74, 6) is 0.120. The number of benzene rings is 1. The molecule has 2 unspecified atom stereocenters. The number of halogens is 1. The molecule has 0 bridgehead atoms. The Morgan fingerprint density at radius 3 is 2.44 bits per heavy atom. The van der Waals surface area contributed by atoms with Crippen LogP contribution < -0.4 is 10.1 Å². The van der Waals surface area contributed by atoms with E-state index >= 15 is 0 Å². The lowest BCUT2D eigenvalue weighted by Crippen LogP contribution is -2.26. The van der Waals surface area contributed by atoms with Crippen molar-refractivity contribution in [1.82, 2.24) is 5.32 Å². The summed E-state index contributed by atoms with van der Waals surface area (Å²) < 4.78 is 18.9. The van der Waals surface area contributed by atoms with Gasteiger partial charge in [-0.1, -0.05) is 13.8 Å². The highest BCUT2D eigenvalue weighted by molar-refractivity contribution is 5.29. The van der Waals surface area contributed by atoms with Crippen molar-refractivity contribution in [2.75, 3.05) is 0 Å². The average molecular weight is 255 g/mol. The SMILES string of the molecule is CC(C)NCc1cc(F)cc(OC(C)C(C)O)c1. The second-order valence-electron chi connectivity index (χ2n) is 4.89. The van der Waals surface area contributed by atoms with E-state index in [1.54, 1.807) is 19.9 Å². The van der Waals surface area contributed by atoms with Gasteiger partial charge in [-0.15, -0.1) is 0 Å². The maximum absolute atomic E-state index is 13.4. The Labute approximate surface area is 108 Å². The van der Waals surface area contributed by atoms with E-state index in [1.165, 1.54) is 12.1 Å². The van der Waals surface area contributed by atoms with E-state index in [0.29, 0.717) is 18.3 Å². The Hall–Kier alpha value is -1.13. The van der Waals surface area contributed by atoms with Crippen molar-refractivity contribution in [3.63, 3.8) is 0 Å². The quantitative estimate of drug-likeness (QED) is 0.820. The van der Waals surface area contributed by atoms with Crippen molar-refractivity contribution in [3.05, 3.63) is 29.6 Å². The van der Waals surface area contributed by atoms with E-state index in [-0.39, 0.29) is 11.9 Å². The highest BCUT2D eigenvalue weighted by Crippen LogP contribution is 2.18. The Balaban J connectivity index is 2.74. The van der Waals surface area contributed by atoms with Crippen LogP contribution in [-0.2, 0) is 6.54 Å². The third kappa shape index (κ3) is 5.02. The van der Waals surface area contributed by atoms with Gasteiger partial charge in [-0.2, -0.15) is 0 Å². The molecule has 1 aromatic carbocycles. The van der Waals surface area contributed by atoms with Crippen LogP contribution in [0.2, 0.25) is 0 Å². The van der Waals surface area contributed by atoms with Gasteiger partial charge in [0.1, 0.15) is 17.7 Å². The van der Waals surface area contributed by atoms with Crippen LogP contribution in [0.25, 0.3) is 0 Å². The van der Waals surface area contributed by atoms with E-state index in [4.69, 9.17) is 4.74 Å². The standard InChI is InChI=1S/C14H22FNO2/c1-9(2)16-8-12-5-13(15)7-14(6-12)18-11(4)10(3)17/h5-7,9-11,16-17H,8H2,1-4H3. The van der Waals surface area contributed by atoms with Gasteiger partial charge in [0.15, 0.2) is 0 Å². The normalized spacial score (nSPS) is 14.6. The van der Waals surface area contributed by atoms with Crippen LogP contribution >= 0.6 is 0 Å². The van der Waals surface area contributed by atoms with Gasteiger partial charge >= 0.3 is 0 Å². The third-order valence-electron chi connectivity index (χ3n) is 2.65. The van der Waals surface area contributed by atoms with E-state index in [0.717, 1.165) is 5.56 Å². The number of nitrogens with one attached hydrogen (secondary N) is 1. The van der Waals surface area contributed by atoms with Crippen molar-refractivity contribution < 1.29 is 14.2 Å². The maximum atomic E-state index is 13.4. The topological polar surface area (TPSA) is 41.5 Å². The summed E-state index contributed by atoms with van der Waals surface area (Å²) >= 11 is 0. The lowest BCUT2D eigenvalue weighted by Gasteiger charge is -2.18. The fourth-order valence-electron chi connectivity index (χ4n) is 1.43. The van der Waals surface area contributed by atoms with Gasteiger partial charge in [0.25, 0.3) is 0 Å². The predicted octanol–water partition coefficient (Wildman–Crippen LogP) is 2.47. The maximum Gasteiger partial charge on any atom is 0.127 e. The molecule has 0 spiro atoms. The minimum absolute atomic E-state index is 0.328. The molecule has 3 nitrogen and oxygen atoms in total. The minimum Gasteiger partial charge on any atom is -0.488 e. The second-order valence-corrected chi connectivity index (χ2v) is 4.89. The molecule has 0 fully saturated rings. The molecule has 102 valence electrons. The van der Waals surface area contributed by atoms with Crippen LogP contribution in [0.1, 0.15) is 33.3 Å². The zero-order valence-corrected chi connectivity index (χ0v) is 11.4. The predicted molar refractivity (Wildman–Crippen MR) is 70.1 cm³/mol. The number of hydrogen-bond donors (Lipinski definition) is 2. The lowest BCUT2D eigenvalue weighted by atomic mass is 10.2. The van der Waals surface area contributed by atoms with E-state index in [2.05, 4.69) is 5.32 Å². The molecule has 0 radical (unpaired) electrons. The monoisotopic (exact) mass is 255 g/mol. The molecule has 0 aromatic heterocycles. The number of aliphatic hydroxyl groups is 1. The summed E-state index contributed by atoms with van der Waals surface area (Å²) in [5, 5.41) is 12.6. The third-order valence-corrected chi connectivity index (χ3v) is 2.65. The van der Waals surface area contributed by atoms with Crippen LogP contribution in [0, 0.1) is 5.82 Å². The molecule has 0 amide bonds. The molecule has 2 atom stereocenters. The first-order valence-corrected chi connectivity index (χ1v) is 6.26. The molecule has 0 aliphatic carbocycles. The summed E-state index contributed by atoms with van der Waals surface area (Å²) in [6.07, 6.45) is -0.955. The largest absolute Gasteiger partial charge is 0.488 e. The molecule has 2 N–H and O–H groups in total. The van der Waals surface area contributed by atoms with Crippen molar-refractivity contribution in [2.24, 2.45) is 0 Å². The van der Waals surface area contributed by atoms with Gasteiger partial charge < -0.3 is 15.2 Å². The molecule has 0 saturated carbocycles. The molecule has 4 heteroatoms. The molecule has 1 aromatic rings. The van der Waals surface area contributed by atoms with E-state index < -0.39 is 6.10 Å². The molecular formula is C14H22FNO2. The first kappa shape index (κ1) is 14.9. The van der Waals surface area contributed by atoms with Gasteiger partial charge in [0.05, 0.1) is 6.10 Å². The number of hydrogen-bond acceptors (Lipinski definition) is 3. The minimum atomic E-state index is -0.592. The van der Waals surface area contributed by atoms with Crippen molar-refractivity contribution >= 4 is 0 Å². The lowest BCUT2D eigenvalue weighted by molar-refractivity contribution is 0.0602. The van der Waals surface area contributed by atoms with Crippen LogP contribution in [-0.4, -0.2) is 23.4 Å². The molecule has 0 heterocycles. The Morgan fingerprint density at radius 2 is 1.89 bits per heavy atom. The molecule has 0 aliphatic rings. The fourth-order valence-corrected chi connectivity index (χ4v) is 1.43. The molecule has 0 saturated heterocycles. The summed E-state index contributed by atoms with van der Waals surface area (Å²) in [7, 11) is 0. The first-order chi connectivity index (χ1) is 8.38. The fraction of sp³-hybridized carbons (Fsp3) is 0.571.